The largest absolute Gasteiger partial charge is 0.506 e. The molecule has 3 aromatic carbocycles. The summed E-state index contributed by atoms with van der Waals surface area (Å²) < 4.78 is 12.9. The van der Waals surface area contributed by atoms with Crippen molar-refractivity contribution < 1.29 is 19.1 Å². The van der Waals surface area contributed by atoms with Gasteiger partial charge < -0.3 is 18.8 Å². The average molecular weight is 466 g/mol. The third-order valence-corrected chi connectivity index (χ3v) is 5.98. The number of carbonyl (C=O) groups excluding carboxylic acids is 1. The lowest BCUT2D eigenvalue weighted by molar-refractivity contribution is 0.0526. The van der Waals surface area contributed by atoms with Gasteiger partial charge in [-0.05, 0) is 43.7 Å². The molecule has 2 aromatic heterocycles. The van der Waals surface area contributed by atoms with Crippen molar-refractivity contribution in [1.82, 2.24) is 4.57 Å². The van der Waals surface area contributed by atoms with E-state index in [1.54, 1.807) is 38.1 Å². The lowest BCUT2D eigenvalue weighted by Crippen LogP contribution is -2.10. The van der Waals surface area contributed by atoms with E-state index < -0.39 is 11.6 Å². The molecule has 6 heteroatoms. The molecule has 0 aliphatic carbocycles. The number of aromatic nitrogens is 1. The van der Waals surface area contributed by atoms with Crippen molar-refractivity contribution in [1.29, 1.82) is 0 Å². The van der Waals surface area contributed by atoms with Gasteiger partial charge in [0.1, 0.15) is 16.9 Å². The first-order valence-electron chi connectivity index (χ1n) is 11.3. The van der Waals surface area contributed by atoms with Gasteiger partial charge in [-0.25, -0.2) is 9.59 Å². The van der Waals surface area contributed by atoms with E-state index in [0.29, 0.717) is 16.8 Å². The molecule has 0 atom stereocenters. The van der Waals surface area contributed by atoms with E-state index in [1.807, 2.05) is 65.2 Å². The summed E-state index contributed by atoms with van der Waals surface area (Å²) in [5.74, 6) is -0.830. The van der Waals surface area contributed by atoms with Gasteiger partial charge in [-0.15, -0.1) is 0 Å². The standard InChI is InChI=1S/C29H23NO5/c1-3-34-28(32)23-18(2)30(20-14-8-5-9-15-20)26(19-12-6-4-7-13-19)24(23)25-27(31)21-16-10-11-17-22(21)35-29(25)33/h4-17,31H,3H2,1-2H3. The predicted octanol–water partition coefficient (Wildman–Crippen LogP) is 6.11. The van der Waals surface area contributed by atoms with Crippen LogP contribution in [0.2, 0.25) is 0 Å². The SMILES string of the molecule is CCOC(=O)c1c(-c2c(O)c3ccccc3oc2=O)c(-c2ccccc2)n(-c2ccccc2)c1C. The van der Waals surface area contributed by atoms with Crippen molar-refractivity contribution in [2.75, 3.05) is 6.61 Å². The van der Waals surface area contributed by atoms with Crippen LogP contribution in [0.15, 0.2) is 94.1 Å². The van der Waals surface area contributed by atoms with Crippen LogP contribution in [0.5, 0.6) is 5.75 Å². The summed E-state index contributed by atoms with van der Waals surface area (Å²) in [5, 5.41) is 11.7. The van der Waals surface area contributed by atoms with Crippen molar-refractivity contribution in [3.05, 3.63) is 107 Å². The van der Waals surface area contributed by atoms with Gasteiger partial charge >= 0.3 is 11.6 Å². The number of aromatic hydroxyl groups is 1. The van der Waals surface area contributed by atoms with E-state index >= 15 is 0 Å². The zero-order chi connectivity index (χ0) is 24.5. The molecule has 2 heterocycles. The number of fused-ring (bicyclic) bond motifs is 1. The van der Waals surface area contributed by atoms with E-state index in [0.717, 1.165) is 11.3 Å². The number of hydrogen-bond donors (Lipinski definition) is 1. The molecule has 5 aromatic rings. The third kappa shape index (κ3) is 3.69. The molecular formula is C29H23NO5. The van der Waals surface area contributed by atoms with Crippen LogP contribution < -0.4 is 5.63 Å². The summed E-state index contributed by atoms with van der Waals surface area (Å²) in [6.07, 6.45) is 0. The van der Waals surface area contributed by atoms with E-state index in [9.17, 15) is 14.7 Å². The zero-order valence-electron chi connectivity index (χ0n) is 19.3. The molecule has 174 valence electrons. The Kier molecular flexibility index (Phi) is 5.71. The average Bonchev–Trinajstić information content (AvgIpc) is 3.17. The Balaban J connectivity index is 1.99. The summed E-state index contributed by atoms with van der Waals surface area (Å²) in [6, 6.07) is 25.7. The Bertz CT molecular complexity index is 1600. The van der Waals surface area contributed by atoms with Crippen molar-refractivity contribution >= 4 is 16.9 Å². The molecule has 0 saturated carbocycles. The summed E-state index contributed by atoms with van der Waals surface area (Å²) in [7, 11) is 0. The van der Waals surface area contributed by atoms with Crippen molar-refractivity contribution in [2.24, 2.45) is 0 Å². The number of ether oxygens (including phenoxy) is 1. The maximum absolute atomic E-state index is 13.3. The van der Waals surface area contributed by atoms with E-state index in [2.05, 4.69) is 0 Å². The van der Waals surface area contributed by atoms with Crippen molar-refractivity contribution in [3.8, 4) is 33.8 Å². The fourth-order valence-electron chi connectivity index (χ4n) is 4.51. The topological polar surface area (TPSA) is 81.7 Å². The minimum Gasteiger partial charge on any atom is -0.506 e. The maximum Gasteiger partial charge on any atom is 0.348 e. The maximum atomic E-state index is 13.3. The molecule has 5 rings (SSSR count). The second-order valence-electron chi connectivity index (χ2n) is 8.05. The molecule has 6 nitrogen and oxygen atoms in total. The number of benzene rings is 3. The Morgan fingerprint density at radius 2 is 1.54 bits per heavy atom. The number of para-hydroxylation sites is 2. The molecule has 0 unspecified atom stereocenters. The summed E-state index contributed by atoms with van der Waals surface area (Å²) in [4.78, 5) is 26.7. The summed E-state index contributed by atoms with van der Waals surface area (Å²) in [6.45, 7) is 3.68. The minimum absolute atomic E-state index is 0.0802. The highest BCUT2D eigenvalue weighted by molar-refractivity contribution is 6.06. The number of esters is 1. The first-order valence-corrected chi connectivity index (χ1v) is 11.3. The number of nitrogens with zero attached hydrogens (tertiary/aromatic N) is 1. The van der Waals surface area contributed by atoms with Gasteiger partial charge in [0, 0.05) is 16.9 Å². The fraction of sp³-hybridized carbons (Fsp3) is 0.103. The summed E-state index contributed by atoms with van der Waals surface area (Å²) >= 11 is 0. The summed E-state index contributed by atoms with van der Waals surface area (Å²) in [5.41, 5.74) is 2.63. The molecule has 0 aliphatic rings. The molecule has 35 heavy (non-hydrogen) atoms. The van der Waals surface area contributed by atoms with Gasteiger partial charge in [-0.2, -0.15) is 0 Å². The van der Waals surface area contributed by atoms with Crippen LogP contribution in [0.4, 0.5) is 0 Å². The Morgan fingerprint density at radius 3 is 2.23 bits per heavy atom. The molecule has 0 aliphatic heterocycles. The smallest absolute Gasteiger partial charge is 0.348 e. The quantitative estimate of drug-likeness (QED) is 0.250. The second-order valence-corrected chi connectivity index (χ2v) is 8.05. The van der Waals surface area contributed by atoms with Crippen LogP contribution >= 0.6 is 0 Å². The predicted molar refractivity (Wildman–Crippen MR) is 135 cm³/mol. The lowest BCUT2D eigenvalue weighted by Gasteiger charge is -2.14. The lowest BCUT2D eigenvalue weighted by atomic mass is 9.96. The molecule has 0 radical (unpaired) electrons. The van der Waals surface area contributed by atoms with Crippen LogP contribution in [0, 0.1) is 6.92 Å². The van der Waals surface area contributed by atoms with E-state index in [1.165, 1.54) is 0 Å². The molecule has 0 saturated heterocycles. The zero-order valence-corrected chi connectivity index (χ0v) is 19.3. The van der Waals surface area contributed by atoms with E-state index in [-0.39, 0.29) is 34.6 Å². The first kappa shape index (κ1) is 22.2. The minimum atomic E-state index is -0.742. The van der Waals surface area contributed by atoms with Crippen LogP contribution in [0.25, 0.3) is 39.0 Å². The monoisotopic (exact) mass is 465 g/mol. The molecule has 0 spiro atoms. The van der Waals surface area contributed by atoms with E-state index in [4.69, 9.17) is 9.15 Å². The van der Waals surface area contributed by atoms with Crippen molar-refractivity contribution in [3.63, 3.8) is 0 Å². The van der Waals surface area contributed by atoms with Crippen LogP contribution in [-0.4, -0.2) is 22.2 Å². The normalized spacial score (nSPS) is 11.0. The van der Waals surface area contributed by atoms with Gasteiger partial charge in [0.25, 0.3) is 0 Å². The van der Waals surface area contributed by atoms with Crippen LogP contribution in [0.1, 0.15) is 23.0 Å². The highest BCUT2D eigenvalue weighted by Crippen LogP contribution is 2.44. The van der Waals surface area contributed by atoms with Crippen LogP contribution in [-0.2, 0) is 4.74 Å². The number of rotatable bonds is 5. The van der Waals surface area contributed by atoms with Crippen molar-refractivity contribution in [2.45, 2.75) is 13.8 Å². The second kappa shape index (κ2) is 8.99. The fourth-order valence-corrected chi connectivity index (χ4v) is 4.51. The van der Waals surface area contributed by atoms with Crippen LogP contribution in [0.3, 0.4) is 0 Å². The molecule has 0 amide bonds. The Labute approximate surface area is 201 Å². The van der Waals surface area contributed by atoms with Gasteiger partial charge in [0.2, 0.25) is 0 Å². The van der Waals surface area contributed by atoms with Gasteiger partial charge in [0.05, 0.1) is 23.3 Å². The Hall–Kier alpha value is -4.58. The molecular weight excluding hydrogens is 442 g/mol. The van der Waals surface area contributed by atoms with Gasteiger partial charge in [0.15, 0.2) is 0 Å². The number of hydrogen-bond acceptors (Lipinski definition) is 5. The van der Waals surface area contributed by atoms with Gasteiger partial charge in [-0.3, -0.25) is 0 Å². The highest BCUT2D eigenvalue weighted by Gasteiger charge is 2.32. The Morgan fingerprint density at radius 1 is 0.914 bits per heavy atom. The molecule has 1 N–H and O–H groups in total. The third-order valence-electron chi connectivity index (χ3n) is 5.98. The number of carbonyl (C=O) groups is 1. The van der Waals surface area contributed by atoms with Gasteiger partial charge in [-0.1, -0.05) is 60.7 Å². The highest BCUT2D eigenvalue weighted by atomic mass is 16.5. The first-order chi connectivity index (χ1) is 17.0. The molecule has 0 fully saturated rings. The molecule has 0 bridgehead atoms.